The zero-order valence-electron chi connectivity index (χ0n) is 10.7. The SMILES string of the molecule is CCOCCNC1=NCC(CC)(CC)CS1. The van der Waals surface area contributed by atoms with Gasteiger partial charge < -0.3 is 10.1 Å². The summed E-state index contributed by atoms with van der Waals surface area (Å²) in [4.78, 5) is 4.64. The number of hydrogen-bond donors (Lipinski definition) is 1. The minimum absolute atomic E-state index is 0.440. The van der Waals surface area contributed by atoms with Gasteiger partial charge in [-0.3, -0.25) is 4.99 Å². The van der Waals surface area contributed by atoms with Crippen LogP contribution in [-0.4, -0.2) is 37.2 Å². The number of hydrogen-bond acceptors (Lipinski definition) is 4. The molecule has 0 atom stereocenters. The fourth-order valence-corrected chi connectivity index (χ4v) is 3.01. The van der Waals surface area contributed by atoms with Gasteiger partial charge in [-0.15, -0.1) is 0 Å². The van der Waals surface area contributed by atoms with Crippen molar-refractivity contribution in [2.75, 3.05) is 32.1 Å². The minimum Gasteiger partial charge on any atom is -0.380 e. The van der Waals surface area contributed by atoms with Gasteiger partial charge in [-0.1, -0.05) is 25.6 Å². The fraction of sp³-hybridized carbons (Fsp3) is 0.917. The molecule has 0 aromatic carbocycles. The van der Waals surface area contributed by atoms with Gasteiger partial charge in [0.1, 0.15) is 0 Å². The van der Waals surface area contributed by atoms with E-state index in [9.17, 15) is 0 Å². The molecule has 0 radical (unpaired) electrons. The Morgan fingerprint density at radius 3 is 2.62 bits per heavy atom. The van der Waals surface area contributed by atoms with Crippen LogP contribution >= 0.6 is 11.8 Å². The zero-order chi connectivity index (χ0) is 11.9. The lowest BCUT2D eigenvalue weighted by atomic mass is 9.84. The van der Waals surface area contributed by atoms with Gasteiger partial charge in [0.05, 0.1) is 6.61 Å². The summed E-state index contributed by atoms with van der Waals surface area (Å²) >= 11 is 1.86. The van der Waals surface area contributed by atoms with Crippen LogP contribution in [0.3, 0.4) is 0 Å². The zero-order valence-corrected chi connectivity index (χ0v) is 11.5. The second-order valence-corrected chi connectivity index (χ2v) is 5.20. The lowest BCUT2D eigenvalue weighted by Crippen LogP contribution is -2.35. The van der Waals surface area contributed by atoms with E-state index in [1.54, 1.807) is 0 Å². The molecule has 94 valence electrons. The van der Waals surface area contributed by atoms with Crippen molar-refractivity contribution in [1.29, 1.82) is 0 Å². The quantitative estimate of drug-likeness (QED) is 0.729. The van der Waals surface area contributed by atoms with Crippen molar-refractivity contribution in [3.8, 4) is 0 Å². The molecule has 0 aromatic rings. The second kappa shape index (κ2) is 7.17. The normalized spacial score (nSPS) is 19.3. The summed E-state index contributed by atoms with van der Waals surface area (Å²) in [6, 6.07) is 0. The first-order chi connectivity index (χ1) is 7.76. The Morgan fingerprint density at radius 1 is 1.38 bits per heavy atom. The van der Waals surface area contributed by atoms with Crippen LogP contribution in [0.2, 0.25) is 0 Å². The summed E-state index contributed by atoms with van der Waals surface area (Å²) in [6.07, 6.45) is 2.46. The number of rotatable bonds is 6. The van der Waals surface area contributed by atoms with Crippen molar-refractivity contribution in [2.45, 2.75) is 33.6 Å². The molecule has 1 aliphatic heterocycles. The van der Waals surface area contributed by atoms with Crippen LogP contribution in [-0.2, 0) is 4.74 Å². The van der Waals surface area contributed by atoms with Gasteiger partial charge in [-0.05, 0) is 25.2 Å². The average Bonchev–Trinajstić information content (AvgIpc) is 2.36. The summed E-state index contributed by atoms with van der Waals surface area (Å²) < 4.78 is 5.28. The molecule has 1 aliphatic rings. The molecular formula is C12H24N2OS. The van der Waals surface area contributed by atoms with Crippen LogP contribution in [0.15, 0.2) is 4.99 Å². The highest BCUT2D eigenvalue weighted by molar-refractivity contribution is 8.13. The van der Waals surface area contributed by atoms with Crippen LogP contribution in [0.5, 0.6) is 0 Å². The van der Waals surface area contributed by atoms with Crippen LogP contribution < -0.4 is 5.32 Å². The van der Waals surface area contributed by atoms with Gasteiger partial charge in [0.15, 0.2) is 5.17 Å². The molecule has 3 nitrogen and oxygen atoms in total. The molecule has 0 amide bonds. The third kappa shape index (κ3) is 3.98. The van der Waals surface area contributed by atoms with Gasteiger partial charge in [0, 0.05) is 25.4 Å². The molecule has 16 heavy (non-hydrogen) atoms. The Bertz CT molecular complexity index is 227. The van der Waals surface area contributed by atoms with Gasteiger partial charge in [-0.2, -0.15) is 0 Å². The summed E-state index contributed by atoms with van der Waals surface area (Å²) in [7, 11) is 0. The number of thioether (sulfide) groups is 1. The first kappa shape index (κ1) is 13.8. The van der Waals surface area contributed by atoms with Gasteiger partial charge in [0.2, 0.25) is 0 Å². The molecule has 1 rings (SSSR count). The molecule has 0 aromatic heterocycles. The number of ether oxygens (including phenoxy) is 1. The molecule has 0 fully saturated rings. The van der Waals surface area contributed by atoms with E-state index in [4.69, 9.17) is 4.74 Å². The van der Waals surface area contributed by atoms with E-state index in [0.717, 1.165) is 31.5 Å². The number of nitrogens with zero attached hydrogens (tertiary/aromatic N) is 1. The predicted molar refractivity (Wildman–Crippen MR) is 72.3 cm³/mol. The Balaban J connectivity index is 2.29. The van der Waals surface area contributed by atoms with Crippen molar-refractivity contribution in [1.82, 2.24) is 5.32 Å². The largest absolute Gasteiger partial charge is 0.380 e. The molecule has 0 saturated carbocycles. The Hall–Kier alpha value is -0.220. The highest BCUT2D eigenvalue weighted by Crippen LogP contribution is 2.34. The lowest BCUT2D eigenvalue weighted by Gasteiger charge is -2.33. The summed E-state index contributed by atoms with van der Waals surface area (Å²) in [5, 5.41) is 4.42. The molecule has 0 aliphatic carbocycles. The van der Waals surface area contributed by atoms with Gasteiger partial charge >= 0.3 is 0 Å². The van der Waals surface area contributed by atoms with E-state index >= 15 is 0 Å². The van der Waals surface area contributed by atoms with Crippen LogP contribution in [0.1, 0.15) is 33.6 Å². The van der Waals surface area contributed by atoms with E-state index in [2.05, 4.69) is 24.2 Å². The second-order valence-electron chi connectivity index (χ2n) is 4.24. The molecule has 0 spiro atoms. The van der Waals surface area contributed by atoms with E-state index in [0.29, 0.717) is 5.41 Å². The van der Waals surface area contributed by atoms with Crippen molar-refractivity contribution in [3.63, 3.8) is 0 Å². The lowest BCUT2D eigenvalue weighted by molar-refractivity contribution is 0.152. The number of nitrogens with one attached hydrogen (secondary N) is 1. The van der Waals surface area contributed by atoms with Crippen molar-refractivity contribution in [3.05, 3.63) is 0 Å². The van der Waals surface area contributed by atoms with Crippen molar-refractivity contribution in [2.24, 2.45) is 10.4 Å². The van der Waals surface area contributed by atoms with Crippen LogP contribution in [0.25, 0.3) is 0 Å². The topological polar surface area (TPSA) is 33.6 Å². The fourth-order valence-electron chi connectivity index (χ4n) is 1.71. The molecule has 1 heterocycles. The van der Waals surface area contributed by atoms with E-state index in [1.165, 1.54) is 18.6 Å². The standard InChI is InChI=1S/C12H24N2OS/c1-4-12(5-2)9-14-11(16-10-12)13-7-8-15-6-3/h4-10H2,1-3H3,(H,13,14). The third-order valence-electron chi connectivity index (χ3n) is 3.30. The molecular weight excluding hydrogens is 220 g/mol. The monoisotopic (exact) mass is 244 g/mol. The molecule has 0 unspecified atom stereocenters. The minimum atomic E-state index is 0.440. The average molecular weight is 244 g/mol. The summed E-state index contributed by atoms with van der Waals surface area (Å²) in [5.74, 6) is 1.19. The number of aliphatic imine (C=N–C) groups is 1. The maximum absolute atomic E-state index is 5.28. The van der Waals surface area contributed by atoms with E-state index in [1.807, 2.05) is 18.7 Å². The molecule has 4 heteroatoms. The first-order valence-corrected chi connectivity index (χ1v) is 7.23. The van der Waals surface area contributed by atoms with E-state index < -0.39 is 0 Å². The maximum Gasteiger partial charge on any atom is 0.156 e. The van der Waals surface area contributed by atoms with Crippen LogP contribution in [0, 0.1) is 5.41 Å². The van der Waals surface area contributed by atoms with Crippen LogP contribution in [0.4, 0.5) is 0 Å². The summed E-state index contributed by atoms with van der Waals surface area (Å²) in [5.41, 5.74) is 0.440. The molecule has 1 N–H and O–H groups in total. The predicted octanol–water partition coefficient (Wildman–Crippen LogP) is 2.52. The first-order valence-electron chi connectivity index (χ1n) is 6.25. The molecule has 0 bridgehead atoms. The Labute approximate surface area is 103 Å². The summed E-state index contributed by atoms with van der Waals surface area (Å²) in [6.45, 7) is 9.96. The highest BCUT2D eigenvalue weighted by atomic mass is 32.2. The third-order valence-corrected chi connectivity index (χ3v) is 4.60. The Morgan fingerprint density at radius 2 is 2.12 bits per heavy atom. The maximum atomic E-state index is 5.28. The Kier molecular flexibility index (Phi) is 6.21. The highest BCUT2D eigenvalue weighted by Gasteiger charge is 2.29. The number of amidine groups is 1. The van der Waals surface area contributed by atoms with Gasteiger partial charge in [-0.25, -0.2) is 0 Å². The van der Waals surface area contributed by atoms with Crippen molar-refractivity contribution >= 4 is 16.9 Å². The van der Waals surface area contributed by atoms with Gasteiger partial charge in [0.25, 0.3) is 0 Å². The van der Waals surface area contributed by atoms with E-state index in [-0.39, 0.29) is 0 Å². The molecule has 0 saturated heterocycles. The van der Waals surface area contributed by atoms with Crippen molar-refractivity contribution < 1.29 is 4.74 Å². The smallest absolute Gasteiger partial charge is 0.156 e.